The Morgan fingerprint density at radius 1 is 1.27 bits per heavy atom. The van der Waals surface area contributed by atoms with Gasteiger partial charge >= 0.3 is 5.97 Å². The van der Waals surface area contributed by atoms with Crippen LogP contribution in [0.2, 0.25) is 0 Å². The molecule has 1 amide bonds. The van der Waals surface area contributed by atoms with Crippen LogP contribution >= 0.6 is 11.5 Å². The molecular formula is C16H18N2O3S. The fraction of sp³-hybridized carbons (Fsp3) is 0.312. The SMILES string of the molecule is CC(C)(CCC(=O)O)NC(=O)c1cc(-c2ccccc2)ns1. The molecule has 0 radical (unpaired) electrons. The van der Waals surface area contributed by atoms with Crippen LogP contribution in [0.5, 0.6) is 0 Å². The third-order valence-electron chi connectivity index (χ3n) is 3.22. The van der Waals surface area contributed by atoms with Gasteiger partial charge in [-0.05, 0) is 37.9 Å². The molecule has 2 rings (SSSR count). The second-order valence-corrected chi connectivity index (χ2v) is 6.48. The summed E-state index contributed by atoms with van der Waals surface area (Å²) in [5, 5.41) is 11.6. The molecule has 0 aliphatic heterocycles. The van der Waals surface area contributed by atoms with E-state index >= 15 is 0 Å². The highest BCUT2D eigenvalue weighted by Gasteiger charge is 2.23. The Morgan fingerprint density at radius 2 is 1.95 bits per heavy atom. The highest BCUT2D eigenvalue weighted by molar-refractivity contribution is 7.08. The van der Waals surface area contributed by atoms with Gasteiger partial charge in [0.05, 0.1) is 5.69 Å². The smallest absolute Gasteiger partial charge is 0.303 e. The lowest BCUT2D eigenvalue weighted by atomic mass is 9.98. The van der Waals surface area contributed by atoms with Crippen LogP contribution in [0, 0.1) is 0 Å². The number of hydrogen-bond donors (Lipinski definition) is 2. The van der Waals surface area contributed by atoms with Crippen molar-refractivity contribution < 1.29 is 14.7 Å². The highest BCUT2D eigenvalue weighted by atomic mass is 32.1. The average molecular weight is 318 g/mol. The van der Waals surface area contributed by atoms with Crippen molar-refractivity contribution in [3.05, 3.63) is 41.3 Å². The molecule has 1 aromatic heterocycles. The lowest BCUT2D eigenvalue weighted by molar-refractivity contribution is -0.137. The number of aliphatic carboxylic acids is 1. The molecule has 116 valence electrons. The third kappa shape index (κ3) is 4.39. The van der Waals surface area contributed by atoms with E-state index in [9.17, 15) is 9.59 Å². The van der Waals surface area contributed by atoms with Gasteiger partial charge in [0, 0.05) is 17.5 Å². The van der Waals surface area contributed by atoms with E-state index in [1.54, 1.807) is 6.07 Å². The monoisotopic (exact) mass is 318 g/mol. The predicted molar refractivity (Wildman–Crippen MR) is 86.0 cm³/mol. The van der Waals surface area contributed by atoms with Crippen LogP contribution in [0.15, 0.2) is 36.4 Å². The quantitative estimate of drug-likeness (QED) is 0.857. The van der Waals surface area contributed by atoms with Gasteiger partial charge in [0.15, 0.2) is 0 Å². The topological polar surface area (TPSA) is 79.3 Å². The molecule has 1 aromatic carbocycles. The number of hydrogen-bond acceptors (Lipinski definition) is 4. The normalized spacial score (nSPS) is 11.2. The number of amides is 1. The summed E-state index contributed by atoms with van der Waals surface area (Å²) in [6.45, 7) is 3.62. The molecule has 0 unspecified atom stereocenters. The maximum Gasteiger partial charge on any atom is 0.303 e. The molecule has 0 aliphatic carbocycles. The molecule has 0 fully saturated rings. The van der Waals surface area contributed by atoms with Crippen molar-refractivity contribution in [1.82, 2.24) is 9.69 Å². The summed E-state index contributed by atoms with van der Waals surface area (Å²) in [5.41, 5.74) is 1.15. The number of aromatic nitrogens is 1. The Morgan fingerprint density at radius 3 is 2.59 bits per heavy atom. The Kier molecular flexibility index (Phi) is 4.92. The number of benzene rings is 1. The van der Waals surface area contributed by atoms with Gasteiger partial charge in [-0.15, -0.1) is 0 Å². The van der Waals surface area contributed by atoms with Crippen LogP contribution in [0.1, 0.15) is 36.4 Å². The van der Waals surface area contributed by atoms with E-state index < -0.39 is 11.5 Å². The molecule has 2 N–H and O–H groups in total. The van der Waals surface area contributed by atoms with E-state index in [0.29, 0.717) is 11.3 Å². The van der Waals surface area contributed by atoms with Crippen molar-refractivity contribution in [1.29, 1.82) is 0 Å². The second-order valence-electron chi connectivity index (χ2n) is 5.67. The van der Waals surface area contributed by atoms with E-state index in [1.807, 2.05) is 44.2 Å². The molecule has 1 heterocycles. The first-order valence-electron chi connectivity index (χ1n) is 6.94. The molecule has 0 saturated carbocycles. The zero-order valence-electron chi connectivity index (χ0n) is 12.5. The molecule has 0 spiro atoms. The Bertz CT molecular complexity index is 665. The van der Waals surface area contributed by atoms with Gasteiger partial charge in [0.2, 0.25) is 0 Å². The van der Waals surface area contributed by atoms with Gasteiger partial charge in [-0.1, -0.05) is 30.3 Å². The van der Waals surface area contributed by atoms with Gasteiger partial charge in [0.25, 0.3) is 5.91 Å². The van der Waals surface area contributed by atoms with Crippen LogP contribution in [-0.4, -0.2) is 26.9 Å². The zero-order valence-corrected chi connectivity index (χ0v) is 13.3. The van der Waals surface area contributed by atoms with Gasteiger partial charge in [0.1, 0.15) is 4.88 Å². The van der Waals surface area contributed by atoms with Gasteiger partial charge < -0.3 is 10.4 Å². The lowest BCUT2D eigenvalue weighted by Crippen LogP contribution is -2.43. The van der Waals surface area contributed by atoms with Crippen molar-refractivity contribution in [3.8, 4) is 11.3 Å². The van der Waals surface area contributed by atoms with Crippen molar-refractivity contribution in [2.45, 2.75) is 32.2 Å². The standard InChI is InChI=1S/C16H18N2O3S/c1-16(2,9-8-14(19)20)17-15(21)13-10-12(18-22-13)11-6-4-3-5-7-11/h3-7,10H,8-9H2,1-2H3,(H,17,21)(H,19,20). The summed E-state index contributed by atoms with van der Waals surface area (Å²) in [6.07, 6.45) is 0.393. The second kappa shape index (κ2) is 6.70. The molecule has 0 saturated heterocycles. The maximum atomic E-state index is 12.3. The summed E-state index contributed by atoms with van der Waals surface area (Å²) < 4.78 is 4.30. The van der Waals surface area contributed by atoms with Crippen LogP contribution in [-0.2, 0) is 4.79 Å². The summed E-state index contributed by atoms with van der Waals surface area (Å²) in [7, 11) is 0. The van der Waals surface area contributed by atoms with Crippen molar-refractivity contribution in [2.75, 3.05) is 0 Å². The molecule has 22 heavy (non-hydrogen) atoms. The molecule has 6 heteroatoms. The van der Waals surface area contributed by atoms with E-state index in [2.05, 4.69) is 9.69 Å². The molecule has 0 aliphatic rings. The van der Waals surface area contributed by atoms with E-state index in [1.165, 1.54) is 0 Å². The van der Waals surface area contributed by atoms with Gasteiger partial charge in [-0.2, -0.15) is 4.37 Å². The molecule has 5 nitrogen and oxygen atoms in total. The molecule has 0 bridgehead atoms. The van der Waals surface area contributed by atoms with Crippen molar-refractivity contribution in [3.63, 3.8) is 0 Å². The minimum atomic E-state index is -0.869. The van der Waals surface area contributed by atoms with Crippen molar-refractivity contribution >= 4 is 23.4 Å². The molecule has 0 atom stereocenters. The lowest BCUT2D eigenvalue weighted by Gasteiger charge is -2.25. The Labute approximate surface area is 133 Å². The van der Waals surface area contributed by atoms with Crippen LogP contribution in [0.4, 0.5) is 0 Å². The van der Waals surface area contributed by atoms with E-state index in [0.717, 1.165) is 22.8 Å². The summed E-state index contributed by atoms with van der Waals surface area (Å²) >= 11 is 1.14. The van der Waals surface area contributed by atoms with Crippen LogP contribution in [0.3, 0.4) is 0 Å². The van der Waals surface area contributed by atoms with Crippen molar-refractivity contribution in [2.24, 2.45) is 0 Å². The van der Waals surface area contributed by atoms with E-state index in [4.69, 9.17) is 5.11 Å². The number of carboxylic acid groups (broad SMARTS) is 1. The summed E-state index contributed by atoms with van der Waals surface area (Å²) in [6, 6.07) is 11.4. The number of carbonyl (C=O) groups excluding carboxylic acids is 1. The first-order chi connectivity index (χ1) is 10.4. The molecular weight excluding hydrogens is 300 g/mol. The van der Waals surface area contributed by atoms with Gasteiger partial charge in [-0.3, -0.25) is 9.59 Å². The first kappa shape index (κ1) is 16.2. The van der Waals surface area contributed by atoms with Crippen LogP contribution in [0.25, 0.3) is 11.3 Å². The number of nitrogens with one attached hydrogen (secondary N) is 1. The van der Waals surface area contributed by atoms with E-state index in [-0.39, 0.29) is 12.3 Å². The largest absolute Gasteiger partial charge is 0.481 e. The predicted octanol–water partition coefficient (Wildman–Crippen LogP) is 3.18. The van der Waals surface area contributed by atoms with Gasteiger partial charge in [-0.25, -0.2) is 0 Å². The number of carbonyl (C=O) groups is 2. The Hall–Kier alpha value is -2.21. The summed E-state index contributed by atoms with van der Waals surface area (Å²) in [4.78, 5) is 23.4. The minimum Gasteiger partial charge on any atom is -0.481 e. The third-order valence-corrected chi connectivity index (χ3v) is 4.01. The average Bonchev–Trinajstić information content (AvgIpc) is 2.96. The molecule has 2 aromatic rings. The number of nitrogens with zero attached hydrogens (tertiary/aromatic N) is 1. The summed E-state index contributed by atoms with van der Waals surface area (Å²) in [5.74, 6) is -1.10. The highest BCUT2D eigenvalue weighted by Crippen LogP contribution is 2.22. The number of carboxylic acids is 1. The fourth-order valence-electron chi connectivity index (χ4n) is 1.98. The zero-order chi connectivity index (χ0) is 16.2. The maximum absolute atomic E-state index is 12.3. The Balaban J connectivity index is 2.04. The number of rotatable bonds is 6. The fourth-order valence-corrected chi connectivity index (χ4v) is 2.63. The minimum absolute atomic E-state index is 0.0191. The van der Waals surface area contributed by atoms with Crippen LogP contribution < -0.4 is 5.32 Å². The first-order valence-corrected chi connectivity index (χ1v) is 7.71.